The van der Waals surface area contributed by atoms with Gasteiger partial charge in [-0.1, -0.05) is 22.9 Å². The van der Waals surface area contributed by atoms with Gasteiger partial charge in [-0.05, 0) is 30.2 Å². The van der Waals surface area contributed by atoms with E-state index in [2.05, 4.69) is 15.9 Å². The first-order valence-electron chi connectivity index (χ1n) is 5.03. The van der Waals surface area contributed by atoms with Gasteiger partial charge in [-0.15, -0.1) is 0 Å². The summed E-state index contributed by atoms with van der Waals surface area (Å²) in [6, 6.07) is 5.14. The van der Waals surface area contributed by atoms with Crippen LogP contribution in [0.25, 0.3) is 11.0 Å². The standard InChI is InChI=1S/C12H9BrO4/c1-2-7-8-5-6(13)3-4-9(8)17-12(16)10(7)11(14)15/h3-5H,2H2,1H3,(H,14,15). The minimum absolute atomic E-state index is 0.280. The average Bonchev–Trinajstić information content (AvgIpc) is 2.27. The summed E-state index contributed by atoms with van der Waals surface area (Å²) in [5.74, 6) is -1.25. The van der Waals surface area contributed by atoms with Crippen LogP contribution in [0.15, 0.2) is 31.9 Å². The molecule has 0 fully saturated rings. The number of aryl methyl sites for hydroxylation is 1. The fourth-order valence-electron chi connectivity index (χ4n) is 1.82. The van der Waals surface area contributed by atoms with E-state index in [0.717, 1.165) is 4.47 Å². The monoisotopic (exact) mass is 296 g/mol. The van der Waals surface area contributed by atoms with Gasteiger partial charge in [-0.2, -0.15) is 0 Å². The topological polar surface area (TPSA) is 67.5 Å². The van der Waals surface area contributed by atoms with Crippen LogP contribution in [-0.4, -0.2) is 11.1 Å². The number of hydrogen-bond acceptors (Lipinski definition) is 3. The van der Waals surface area contributed by atoms with Crippen LogP contribution in [0.5, 0.6) is 0 Å². The minimum atomic E-state index is -1.25. The van der Waals surface area contributed by atoms with Gasteiger partial charge in [0.1, 0.15) is 11.1 Å². The van der Waals surface area contributed by atoms with E-state index in [0.29, 0.717) is 23.0 Å². The Hall–Kier alpha value is -1.62. The molecule has 0 radical (unpaired) electrons. The van der Waals surface area contributed by atoms with E-state index in [1.54, 1.807) is 18.2 Å². The van der Waals surface area contributed by atoms with Crippen molar-refractivity contribution in [2.75, 3.05) is 0 Å². The summed E-state index contributed by atoms with van der Waals surface area (Å²) in [6.07, 6.45) is 0.459. The first kappa shape index (κ1) is 11.9. The Morgan fingerprint density at radius 3 is 2.76 bits per heavy atom. The summed E-state index contributed by atoms with van der Waals surface area (Å²) in [5.41, 5.74) is -0.174. The molecule has 0 aliphatic rings. The van der Waals surface area contributed by atoms with Gasteiger partial charge in [0.15, 0.2) is 0 Å². The van der Waals surface area contributed by atoms with E-state index in [1.165, 1.54) is 0 Å². The second-order valence-electron chi connectivity index (χ2n) is 3.54. The van der Waals surface area contributed by atoms with E-state index in [-0.39, 0.29) is 5.56 Å². The van der Waals surface area contributed by atoms with Gasteiger partial charge in [0.05, 0.1) is 0 Å². The number of aromatic carboxylic acids is 1. The molecule has 0 saturated carbocycles. The van der Waals surface area contributed by atoms with E-state index in [9.17, 15) is 9.59 Å². The van der Waals surface area contributed by atoms with Gasteiger partial charge in [0.25, 0.3) is 0 Å². The van der Waals surface area contributed by atoms with Crippen molar-refractivity contribution >= 4 is 32.9 Å². The quantitative estimate of drug-likeness (QED) is 0.865. The first-order valence-corrected chi connectivity index (χ1v) is 5.82. The highest BCUT2D eigenvalue weighted by Crippen LogP contribution is 2.24. The van der Waals surface area contributed by atoms with Crippen molar-refractivity contribution < 1.29 is 14.3 Å². The lowest BCUT2D eigenvalue weighted by Gasteiger charge is -2.06. The van der Waals surface area contributed by atoms with Crippen molar-refractivity contribution in [3.63, 3.8) is 0 Å². The molecule has 5 heteroatoms. The number of carboxylic acids is 1. The van der Waals surface area contributed by atoms with Crippen molar-refractivity contribution in [2.24, 2.45) is 0 Å². The fraction of sp³-hybridized carbons (Fsp3) is 0.167. The Kier molecular flexibility index (Phi) is 3.02. The largest absolute Gasteiger partial charge is 0.477 e. The molecule has 0 aliphatic carbocycles. The Labute approximate surface area is 105 Å². The van der Waals surface area contributed by atoms with Crippen molar-refractivity contribution in [3.8, 4) is 0 Å². The van der Waals surface area contributed by atoms with Crippen LogP contribution in [0, 0.1) is 0 Å². The second kappa shape index (κ2) is 4.33. The number of rotatable bonds is 2. The third kappa shape index (κ3) is 1.98. The van der Waals surface area contributed by atoms with Crippen LogP contribution >= 0.6 is 15.9 Å². The molecule has 1 N–H and O–H groups in total. The van der Waals surface area contributed by atoms with Crippen LogP contribution in [-0.2, 0) is 6.42 Å². The van der Waals surface area contributed by atoms with Crippen molar-refractivity contribution in [1.29, 1.82) is 0 Å². The lowest BCUT2D eigenvalue weighted by Crippen LogP contribution is -2.17. The maximum absolute atomic E-state index is 11.6. The zero-order valence-corrected chi connectivity index (χ0v) is 10.6. The molecule has 4 nitrogen and oxygen atoms in total. The Morgan fingerprint density at radius 2 is 2.18 bits per heavy atom. The number of fused-ring (bicyclic) bond motifs is 1. The predicted octanol–water partition coefficient (Wildman–Crippen LogP) is 2.82. The molecular formula is C12H9BrO4. The highest BCUT2D eigenvalue weighted by Gasteiger charge is 2.19. The molecule has 2 aromatic rings. The smallest absolute Gasteiger partial charge is 0.351 e. The summed E-state index contributed by atoms with van der Waals surface area (Å²) in [4.78, 5) is 22.6. The maximum Gasteiger partial charge on any atom is 0.351 e. The zero-order valence-electron chi connectivity index (χ0n) is 8.99. The minimum Gasteiger partial charge on any atom is -0.477 e. The van der Waals surface area contributed by atoms with E-state index >= 15 is 0 Å². The third-order valence-electron chi connectivity index (χ3n) is 2.54. The molecule has 0 unspecified atom stereocenters. The molecule has 1 heterocycles. The van der Waals surface area contributed by atoms with E-state index < -0.39 is 11.6 Å². The number of benzene rings is 1. The van der Waals surface area contributed by atoms with Crippen LogP contribution in [0.4, 0.5) is 0 Å². The van der Waals surface area contributed by atoms with Gasteiger partial charge in [0.2, 0.25) is 0 Å². The number of carbonyl (C=O) groups is 1. The van der Waals surface area contributed by atoms with Crippen LogP contribution in [0.1, 0.15) is 22.8 Å². The van der Waals surface area contributed by atoms with Crippen molar-refractivity contribution in [3.05, 3.63) is 44.2 Å². The van der Waals surface area contributed by atoms with Crippen LogP contribution in [0.3, 0.4) is 0 Å². The van der Waals surface area contributed by atoms with E-state index in [1.807, 2.05) is 6.92 Å². The number of hydrogen-bond donors (Lipinski definition) is 1. The molecule has 88 valence electrons. The molecule has 0 amide bonds. The Bertz CT molecular complexity index is 657. The van der Waals surface area contributed by atoms with Gasteiger partial charge >= 0.3 is 11.6 Å². The second-order valence-corrected chi connectivity index (χ2v) is 4.46. The molecule has 17 heavy (non-hydrogen) atoms. The highest BCUT2D eigenvalue weighted by atomic mass is 79.9. The highest BCUT2D eigenvalue weighted by molar-refractivity contribution is 9.10. The van der Waals surface area contributed by atoms with Crippen LogP contribution < -0.4 is 5.63 Å². The SMILES string of the molecule is CCc1c(C(=O)O)c(=O)oc2ccc(Br)cc12. The van der Waals surface area contributed by atoms with Gasteiger partial charge in [-0.3, -0.25) is 0 Å². The molecule has 0 spiro atoms. The maximum atomic E-state index is 11.6. The van der Waals surface area contributed by atoms with Crippen molar-refractivity contribution in [2.45, 2.75) is 13.3 Å². The predicted molar refractivity (Wildman–Crippen MR) is 66.5 cm³/mol. The van der Waals surface area contributed by atoms with Crippen molar-refractivity contribution in [1.82, 2.24) is 0 Å². The van der Waals surface area contributed by atoms with Gasteiger partial charge in [0, 0.05) is 9.86 Å². The lowest BCUT2D eigenvalue weighted by atomic mass is 10.0. The van der Waals surface area contributed by atoms with Gasteiger partial charge in [-0.25, -0.2) is 9.59 Å². The molecule has 0 aliphatic heterocycles. The first-order chi connectivity index (χ1) is 8.04. The lowest BCUT2D eigenvalue weighted by molar-refractivity contribution is 0.0691. The summed E-state index contributed by atoms with van der Waals surface area (Å²) in [6.45, 7) is 1.81. The molecule has 0 atom stereocenters. The summed E-state index contributed by atoms with van der Waals surface area (Å²) in [7, 11) is 0. The van der Waals surface area contributed by atoms with Crippen LogP contribution in [0.2, 0.25) is 0 Å². The molecule has 0 saturated heterocycles. The molecule has 1 aromatic heterocycles. The normalized spacial score (nSPS) is 10.7. The zero-order chi connectivity index (χ0) is 12.6. The Morgan fingerprint density at radius 1 is 1.47 bits per heavy atom. The Balaban J connectivity index is 2.97. The fourth-order valence-corrected chi connectivity index (χ4v) is 2.18. The average molecular weight is 297 g/mol. The summed E-state index contributed by atoms with van der Waals surface area (Å²) < 4.78 is 5.80. The third-order valence-corrected chi connectivity index (χ3v) is 3.04. The molecule has 1 aromatic carbocycles. The number of halogens is 1. The van der Waals surface area contributed by atoms with Gasteiger partial charge < -0.3 is 9.52 Å². The molecule has 0 bridgehead atoms. The summed E-state index contributed by atoms with van der Waals surface area (Å²) >= 11 is 3.31. The molecular weight excluding hydrogens is 288 g/mol. The summed E-state index contributed by atoms with van der Waals surface area (Å²) in [5, 5.41) is 9.69. The molecule has 2 rings (SSSR count). The number of carboxylic acid groups (broad SMARTS) is 1. The van der Waals surface area contributed by atoms with E-state index in [4.69, 9.17) is 9.52 Å².